The van der Waals surface area contributed by atoms with E-state index in [2.05, 4.69) is 63.3 Å². The van der Waals surface area contributed by atoms with E-state index in [9.17, 15) is 0 Å². The topological polar surface area (TPSA) is 55.6 Å². The summed E-state index contributed by atoms with van der Waals surface area (Å²) >= 11 is 1.74. The van der Waals surface area contributed by atoms with Gasteiger partial charge in [-0.25, -0.2) is 15.0 Å². The quantitative estimate of drug-likeness (QED) is 0.410. The molecule has 138 valence electrons. The van der Waals surface area contributed by atoms with Crippen molar-refractivity contribution in [3.8, 4) is 11.4 Å². The second-order valence-electron chi connectivity index (χ2n) is 6.93. The van der Waals surface area contributed by atoms with E-state index in [4.69, 9.17) is 4.98 Å². The number of aromatic nitrogens is 4. The number of hydrogen-bond acceptors (Lipinski definition) is 5. The minimum Gasteiger partial charge on any atom is -0.338 e. The highest BCUT2D eigenvalue weighted by molar-refractivity contribution is 7.17. The van der Waals surface area contributed by atoms with E-state index in [1.54, 1.807) is 17.7 Å². The Morgan fingerprint density at radius 1 is 0.964 bits per heavy atom. The highest BCUT2D eigenvalue weighted by Gasteiger charge is 2.21. The molecule has 0 aliphatic heterocycles. The van der Waals surface area contributed by atoms with Gasteiger partial charge in [0.05, 0.1) is 0 Å². The van der Waals surface area contributed by atoms with Crippen LogP contribution in [0.2, 0.25) is 0 Å². The van der Waals surface area contributed by atoms with Crippen LogP contribution in [0.5, 0.6) is 0 Å². The van der Waals surface area contributed by atoms with Gasteiger partial charge >= 0.3 is 0 Å². The zero-order chi connectivity index (χ0) is 19.1. The molecule has 5 nitrogen and oxygen atoms in total. The first-order valence-electron chi connectivity index (χ1n) is 9.24. The lowest BCUT2D eigenvalue weighted by molar-refractivity contribution is 0.620. The summed E-state index contributed by atoms with van der Waals surface area (Å²) < 4.78 is 3.45. The fourth-order valence-electron chi connectivity index (χ4n) is 3.49. The molecule has 1 N–H and O–H groups in total. The number of anilines is 2. The van der Waals surface area contributed by atoms with Crippen molar-refractivity contribution in [1.82, 2.24) is 19.5 Å². The number of thiophene rings is 1. The van der Waals surface area contributed by atoms with Gasteiger partial charge in [0.25, 0.3) is 0 Å². The fourth-order valence-corrected chi connectivity index (χ4v) is 4.43. The number of rotatable bonds is 4. The van der Waals surface area contributed by atoms with Crippen molar-refractivity contribution in [3.63, 3.8) is 0 Å². The third-order valence-electron chi connectivity index (χ3n) is 4.75. The van der Waals surface area contributed by atoms with E-state index >= 15 is 0 Å². The summed E-state index contributed by atoms with van der Waals surface area (Å²) in [6.07, 6.45) is 1.60. The summed E-state index contributed by atoms with van der Waals surface area (Å²) in [5.74, 6) is 1.65. The highest BCUT2D eigenvalue weighted by Crippen LogP contribution is 2.37. The molecule has 0 radical (unpaired) electrons. The maximum atomic E-state index is 5.00. The van der Waals surface area contributed by atoms with Crippen LogP contribution in [0.25, 0.3) is 32.6 Å². The number of nitrogens with zero attached hydrogens (tertiary/aromatic N) is 4. The Morgan fingerprint density at radius 2 is 1.75 bits per heavy atom. The van der Waals surface area contributed by atoms with Gasteiger partial charge in [-0.3, -0.25) is 0 Å². The molecule has 6 heteroatoms. The molecular formula is C22H19N5S. The second kappa shape index (κ2) is 6.73. The van der Waals surface area contributed by atoms with Crippen LogP contribution in [-0.2, 0) is 0 Å². The highest BCUT2D eigenvalue weighted by atomic mass is 32.1. The van der Waals surface area contributed by atoms with Gasteiger partial charge in [-0.2, -0.15) is 0 Å². The van der Waals surface area contributed by atoms with Gasteiger partial charge in [0.15, 0.2) is 17.0 Å². The van der Waals surface area contributed by atoms with E-state index in [1.807, 2.05) is 30.3 Å². The Balaban J connectivity index is 1.74. The van der Waals surface area contributed by atoms with Crippen molar-refractivity contribution >= 4 is 44.1 Å². The molecule has 5 aromatic rings. The monoisotopic (exact) mass is 385 g/mol. The second-order valence-corrected chi connectivity index (χ2v) is 7.84. The molecule has 0 bridgehead atoms. The molecule has 0 fully saturated rings. The van der Waals surface area contributed by atoms with Crippen molar-refractivity contribution in [2.24, 2.45) is 0 Å². The van der Waals surface area contributed by atoms with E-state index in [1.165, 1.54) is 10.1 Å². The molecule has 28 heavy (non-hydrogen) atoms. The molecule has 3 aromatic heterocycles. The number of nitrogens with one attached hydrogen (secondary N) is 1. The summed E-state index contributed by atoms with van der Waals surface area (Å²) in [6, 6.07) is 18.7. The molecule has 0 spiro atoms. The average Bonchev–Trinajstić information content (AvgIpc) is 3.30. The fraction of sp³-hybridized carbons (Fsp3) is 0.136. The SMILES string of the molecule is CC(C)n1c(-c2csc3ccccc23)nc2c(Nc3ccccc3)ncnc21. The van der Waals surface area contributed by atoms with Gasteiger partial charge in [0.2, 0.25) is 0 Å². The van der Waals surface area contributed by atoms with Crippen molar-refractivity contribution in [2.45, 2.75) is 19.9 Å². The van der Waals surface area contributed by atoms with Gasteiger partial charge in [0, 0.05) is 32.8 Å². The van der Waals surface area contributed by atoms with E-state index in [-0.39, 0.29) is 6.04 Å². The van der Waals surface area contributed by atoms with Crippen LogP contribution >= 0.6 is 11.3 Å². The van der Waals surface area contributed by atoms with Crippen LogP contribution < -0.4 is 5.32 Å². The Hall–Kier alpha value is -3.25. The van der Waals surface area contributed by atoms with Crippen LogP contribution in [0.1, 0.15) is 19.9 Å². The van der Waals surface area contributed by atoms with E-state index in [0.29, 0.717) is 0 Å². The van der Waals surface area contributed by atoms with Gasteiger partial charge in [-0.15, -0.1) is 11.3 Å². The van der Waals surface area contributed by atoms with Gasteiger partial charge in [-0.05, 0) is 32.0 Å². The first-order valence-corrected chi connectivity index (χ1v) is 10.1. The molecule has 3 heterocycles. The number of imidazole rings is 1. The van der Waals surface area contributed by atoms with E-state index < -0.39 is 0 Å². The van der Waals surface area contributed by atoms with Gasteiger partial charge in [-0.1, -0.05) is 36.4 Å². The summed E-state index contributed by atoms with van der Waals surface area (Å²) in [5.41, 5.74) is 3.74. The molecule has 0 saturated heterocycles. The van der Waals surface area contributed by atoms with E-state index in [0.717, 1.165) is 34.1 Å². The smallest absolute Gasteiger partial charge is 0.166 e. The molecule has 0 atom stereocenters. The van der Waals surface area contributed by atoms with Crippen molar-refractivity contribution in [1.29, 1.82) is 0 Å². The summed E-state index contributed by atoms with van der Waals surface area (Å²) in [5, 5.41) is 6.79. The minimum absolute atomic E-state index is 0.220. The maximum Gasteiger partial charge on any atom is 0.166 e. The molecule has 0 aliphatic carbocycles. The third-order valence-corrected chi connectivity index (χ3v) is 5.72. The molecule has 0 amide bonds. The summed E-state index contributed by atoms with van der Waals surface area (Å²) in [7, 11) is 0. The minimum atomic E-state index is 0.220. The van der Waals surface area contributed by atoms with Crippen molar-refractivity contribution in [2.75, 3.05) is 5.32 Å². The van der Waals surface area contributed by atoms with Crippen LogP contribution in [0.3, 0.4) is 0 Å². The van der Waals surface area contributed by atoms with Crippen LogP contribution in [-0.4, -0.2) is 19.5 Å². The Kier molecular flexibility index (Phi) is 4.06. The van der Waals surface area contributed by atoms with Crippen LogP contribution in [0.4, 0.5) is 11.5 Å². The first kappa shape index (κ1) is 16.9. The summed E-state index contributed by atoms with van der Waals surface area (Å²) in [6.45, 7) is 4.32. The number of hydrogen-bond donors (Lipinski definition) is 1. The zero-order valence-electron chi connectivity index (χ0n) is 15.6. The largest absolute Gasteiger partial charge is 0.338 e. The van der Waals surface area contributed by atoms with Gasteiger partial charge in [0.1, 0.15) is 12.2 Å². The molecule has 0 unspecified atom stereocenters. The number of fused-ring (bicyclic) bond motifs is 2. The Morgan fingerprint density at radius 3 is 2.57 bits per heavy atom. The maximum absolute atomic E-state index is 5.00. The Labute approximate surface area is 166 Å². The number of benzene rings is 2. The molecule has 2 aromatic carbocycles. The van der Waals surface area contributed by atoms with Crippen LogP contribution in [0.15, 0.2) is 66.3 Å². The normalized spacial score (nSPS) is 11.5. The first-order chi connectivity index (χ1) is 13.7. The van der Waals surface area contributed by atoms with Crippen molar-refractivity contribution in [3.05, 3.63) is 66.3 Å². The molecule has 0 saturated carbocycles. The predicted octanol–water partition coefficient (Wildman–Crippen LogP) is 6.03. The summed E-state index contributed by atoms with van der Waals surface area (Å²) in [4.78, 5) is 14.0. The lowest BCUT2D eigenvalue weighted by Gasteiger charge is -2.12. The van der Waals surface area contributed by atoms with Crippen molar-refractivity contribution < 1.29 is 0 Å². The zero-order valence-corrected chi connectivity index (χ0v) is 16.4. The number of para-hydroxylation sites is 1. The third kappa shape index (κ3) is 2.73. The molecule has 0 aliphatic rings. The Bertz CT molecular complexity index is 1270. The molecular weight excluding hydrogens is 366 g/mol. The standard InChI is InChI=1S/C22H19N5S/c1-14(2)27-21(17-12-28-18-11-7-6-10-16(17)18)26-19-20(23-13-24-22(19)27)25-15-8-4-3-5-9-15/h3-14H,1-2H3,(H,23,24,25). The predicted molar refractivity (Wildman–Crippen MR) is 116 cm³/mol. The van der Waals surface area contributed by atoms with Crippen LogP contribution in [0, 0.1) is 0 Å². The molecule has 5 rings (SSSR count). The lowest BCUT2D eigenvalue weighted by Crippen LogP contribution is -2.04. The lowest BCUT2D eigenvalue weighted by atomic mass is 10.1. The average molecular weight is 385 g/mol. The van der Waals surface area contributed by atoms with Gasteiger partial charge < -0.3 is 9.88 Å².